The third-order valence-corrected chi connectivity index (χ3v) is 12.0. The SMILES string of the molecule is Cc1ncnc(C(=O)N2CC[C@]3(c4c(n(CC(=O)Nc5ccc(C(F)(F)F)cc5Cl)c5nc(C6=CCOCC6)nn5c4=O)[C@@H]4C[C@@H]43)[C@@H]3[C@H](C)[C@@H]32)c1O. The molecule has 2 N–H and O–H groups in total. The molecule has 17 heteroatoms. The normalized spacial score (nSPS) is 27.2. The van der Waals surface area contributed by atoms with E-state index in [1.54, 1.807) is 16.4 Å². The van der Waals surface area contributed by atoms with Crippen molar-refractivity contribution in [3.8, 4) is 5.75 Å². The van der Waals surface area contributed by atoms with Gasteiger partial charge in [-0.1, -0.05) is 24.6 Å². The molecule has 52 heavy (non-hydrogen) atoms. The van der Waals surface area contributed by atoms with Gasteiger partial charge in [0.05, 0.1) is 35.2 Å². The van der Waals surface area contributed by atoms with E-state index in [0.717, 1.165) is 30.2 Å². The molecule has 1 spiro atoms. The Hall–Kier alpha value is -4.83. The molecule has 270 valence electrons. The number of alkyl halides is 3. The quantitative estimate of drug-likeness (QED) is 0.304. The number of aryl methyl sites for hydroxylation is 1. The maximum Gasteiger partial charge on any atom is 0.416 e. The van der Waals surface area contributed by atoms with Gasteiger partial charge in [0.25, 0.3) is 11.5 Å². The summed E-state index contributed by atoms with van der Waals surface area (Å²) in [5, 5.41) is 17.7. The summed E-state index contributed by atoms with van der Waals surface area (Å²) in [4.78, 5) is 56.8. The predicted octanol–water partition coefficient (Wildman–Crippen LogP) is 4.35. The van der Waals surface area contributed by atoms with E-state index in [2.05, 4.69) is 27.3 Å². The van der Waals surface area contributed by atoms with Crippen molar-refractivity contribution in [2.24, 2.45) is 17.8 Å². The van der Waals surface area contributed by atoms with E-state index in [1.165, 1.54) is 10.8 Å². The van der Waals surface area contributed by atoms with Gasteiger partial charge in [-0.25, -0.2) is 9.97 Å². The van der Waals surface area contributed by atoms with Gasteiger partial charge in [0.15, 0.2) is 17.3 Å². The Balaban J connectivity index is 1.12. The van der Waals surface area contributed by atoms with Gasteiger partial charge in [-0.15, -0.1) is 5.10 Å². The first-order valence-corrected chi connectivity index (χ1v) is 17.5. The Morgan fingerprint density at radius 3 is 2.77 bits per heavy atom. The van der Waals surface area contributed by atoms with Crippen LogP contribution in [0.15, 0.2) is 35.4 Å². The van der Waals surface area contributed by atoms with Crippen molar-refractivity contribution in [3.05, 3.63) is 80.0 Å². The van der Waals surface area contributed by atoms with E-state index in [9.17, 15) is 32.7 Å². The van der Waals surface area contributed by atoms with E-state index >= 15 is 0 Å². The Bertz CT molecular complexity index is 2320. The zero-order chi connectivity index (χ0) is 36.4. The van der Waals surface area contributed by atoms with Crippen LogP contribution in [0.5, 0.6) is 5.75 Å². The fourth-order valence-electron chi connectivity index (χ4n) is 9.33. The van der Waals surface area contributed by atoms with E-state index in [0.29, 0.717) is 55.4 Å². The number of aromatic nitrogens is 6. The Labute approximate surface area is 298 Å². The number of aromatic hydroxyl groups is 1. The van der Waals surface area contributed by atoms with Crippen molar-refractivity contribution >= 4 is 40.5 Å². The highest BCUT2D eigenvalue weighted by molar-refractivity contribution is 6.33. The number of carbonyl (C=O) groups excluding carboxylic acids is 2. The molecule has 6 atom stereocenters. The van der Waals surface area contributed by atoms with Gasteiger partial charge in [0.1, 0.15) is 12.9 Å². The highest BCUT2D eigenvalue weighted by Crippen LogP contribution is 2.75. The molecule has 0 radical (unpaired) electrons. The van der Waals surface area contributed by atoms with Gasteiger partial charge in [0.2, 0.25) is 11.7 Å². The van der Waals surface area contributed by atoms with Gasteiger partial charge in [-0.05, 0) is 67.7 Å². The minimum Gasteiger partial charge on any atom is -0.504 e. The number of halogens is 4. The second kappa shape index (κ2) is 11.3. The number of ether oxygens (including phenoxy) is 1. The monoisotopic (exact) mass is 736 g/mol. The van der Waals surface area contributed by atoms with Crippen LogP contribution in [0.25, 0.3) is 11.4 Å². The van der Waals surface area contributed by atoms with Crippen LogP contribution in [0.1, 0.15) is 70.9 Å². The Morgan fingerprint density at radius 2 is 2.04 bits per heavy atom. The summed E-state index contributed by atoms with van der Waals surface area (Å²) in [5.41, 5.74) is 0.510. The van der Waals surface area contributed by atoms with Gasteiger partial charge in [-0.3, -0.25) is 14.4 Å². The standard InChI is InChI=1S/C35H32ClF3N8O5/c1-15-24-27(15)45(32(51)26-29(49)16(2)40-14-41-26)8-7-34(24)20-12-19(20)28-25(34)31(50)47-33(43-30(44-47)17-5-9-52-10-6-17)46(28)13-23(48)42-22-4-3-18(11-21(22)36)35(37,38)39/h3-5,11,14-15,19-20,24,27,49H,6-10,12-13H2,1-2H3,(H,42,48)/t15-,19+,20-,24+,27-,34+/m0/s1. The minimum absolute atomic E-state index is 0.0141. The molecule has 4 aromatic rings. The van der Waals surface area contributed by atoms with E-state index < -0.39 is 23.1 Å². The number of anilines is 1. The number of rotatable bonds is 5. The number of fused-ring (bicyclic) bond motifs is 8. The maximum atomic E-state index is 14.7. The number of hydrogen-bond acceptors (Lipinski definition) is 9. The van der Waals surface area contributed by atoms with Gasteiger partial charge in [0, 0.05) is 35.2 Å². The minimum atomic E-state index is -4.60. The van der Waals surface area contributed by atoms with Crippen molar-refractivity contribution in [1.29, 1.82) is 0 Å². The van der Waals surface area contributed by atoms with Crippen molar-refractivity contribution in [2.45, 2.75) is 63.2 Å². The lowest BCUT2D eigenvalue weighted by molar-refractivity contribution is -0.137. The molecular weight excluding hydrogens is 705 g/mol. The molecule has 13 nitrogen and oxygen atoms in total. The maximum absolute atomic E-state index is 14.7. The number of hydrogen-bond donors (Lipinski definition) is 2. The average molecular weight is 737 g/mol. The summed E-state index contributed by atoms with van der Waals surface area (Å²) >= 11 is 6.18. The number of likely N-dealkylation sites (tertiary alicyclic amines) is 1. The van der Waals surface area contributed by atoms with Crippen molar-refractivity contribution < 1.29 is 32.6 Å². The van der Waals surface area contributed by atoms with E-state index in [1.807, 2.05) is 6.08 Å². The molecule has 3 fully saturated rings. The Morgan fingerprint density at radius 1 is 1.23 bits per heavy atom. The molecule has 9 rings (SSSR count). The summed E-state index contributed by atoms with van der Waals surface area (Å²) in [5.74, 6) is -0.644. The molecule has 3 aromatic heterocycles. The largest absolute Gasteiger partial charge is 0.504 e. The van der Waals surface area contributed by atoms with Crippen molar-refractivity contribution in [2.75, 3.05) is 25.1 Å². The Kier molecular flexibility index (Phi) is 7.20. The zero-order valence-corrected chi connectivity index (χ0v) is 28.7. The number of amides is 2. The van der Waals surface area contributed by atoms with Crippen LogP contribution in [-0.4, -0.2) is 76.8 Å². The van der Waals surface area contributed by atoms with Crippen LogP contribution in [-0.2, 0) is 27.7 Å². The van der Waals surface area contributed by atoms with E-state index in [4.69, 9.17) is 21.3 Å². The fourth-order valence-corrected chi connectivity index (χ4v) is 9.56. The highest BCUT2D eigenvalue weighted by Gasteiger charge is 2.75. The van der Waals surface area contributed by atoms with Crippen LogP contribution in [0.2, 0.25) is 5.02 Å². The average Bonchev–Trinajstić information content (AvgIpc) is 3.97. The summed E-state index contributed by atoms with van der Waals surface area (Å²) in [7, 11) is 0. The molecular formula is C35H32ClF3N8O5. The molecule has 2 amide bonds. The topological polar surface area (TPSA) is 157 Å². The first-order valence-electron chi connectivity index (χ1n) is 17.1. The van der Waals surface area contributed by atoms with Crippen LogP contribution >= 0.6 is 11.6 Å². The highest BCUT2D eigenvalue weighted by atomic mass is 35.5. The number of piperidine rings is 1. The molecule has 0 bridgehead atoms. The molecule has 2 aliphatic heterocycles. The lowest BCUT2D eigenvalue weighted by Crippen LogP contribution is -2.49. The number of nitrogens with zero attached hydrogens (tertiary/aromatic N) is 7. The number of nitrogens with one attached hydrogen (secondary N) is 1. The molecule has 1 saturated heterocycles. The third-order valence-electron chi connectivity index (χ3n) is 11.7. The van der Waals surface area contributed by atoms with Crippen LogP contribution in [0, 0.1) is 24.7 Å². The molecule has 0 unspecified atom stereocenters. The molecule has 5 aliphatic rings. The molecule has 5 heterocycles. The van der Waals surface area contributed by atoms with Crippen molar-refractivity contribution in [1.82, 2.24) is 34.0 Å². The van der Waals surface area contributed by atoms with Crippen molar-refractivity contribution in [3.63, 3.8) is 0 Å². The first-order chi connectivity index (χ1) is 24.8. The fraction of sp³-hybridized carbons (Fsp3) is 0.457. The molecule has 2 saturated carbocycles. The second-order valence-electron chi connectivity index (χ2n) is 14.4. The lowest BCUT2D eigenvalue weighted by Gasteiger charge is -2.40. The number of benzene rings is 1. The predicted molar refractivity (Wildman–Crippen MR) is 179 cm³/mol. The molecule has 1 aromatic carbocycles. The summed E-state index contributed by atoms with van der Waals surface area (Å²) in [6.07, 6.45) is 0.323. The van der Waals surface area contributed by atoms with Crippen LogP contribution < -0.4 is 10.9 Å². The first kappa shape index (κ1) is 33.0. The van der Waals surface area contributed by atoms with Crippen LogP contribution in [0.4, 0.5) is 18.9 Å². The summed E-state index contributed by atoms with van der Waals surface area (Å²) in [6.45, 7) is 4.53. The van der Waals surface area contributed by atoms with Crippen LogP contribution in [0.3, 0.4) is 0 Å². The lowest BCUT2D eigenvalue weighted by atomic mass is 9.69. The summed E-state index contributed by atoms with van der Waals surface area (Å²) < 4.78 is 48.3. The second-order valence-corrected chi connectivity index (χ2v) is 14.8. The van der Waals surface area contributed by atoms with E-state index in [-0.39, 0.29) is 75.7 Å². The van der Waals surface area contributed by atoms with Gasteiger partial charge in [-0.2, -0.15) is 22.7 Å². The third kappa shape index (κ3) is 4.75. The molecule has 3 aliphatic carbocycles. The zero-order valence-electron chi connectivity index (χ0n) is 27.9. The van der Waals surface area contributed by atoms with Gasteiger partial charge >= 0.3 is 6.18 Å². The summed E-state index contributed by atoms with van der Waals surface area (Å²) in [6, 6.07) is 2.52. The smallest absolute Gasteiger partial charge is 0.416 e. The van der Waals surface area contributed by atoms with Gasteiger partial charge < -0.3 is 24.6 Å². The number of carbonyl (C=O) groups is 2.